The van der Waals surface area contributed by atoms with E-state index in [-0.39, 0.29) is 5.91 Å². The fourth-order valence-electron chi connectivity index (χ4n) is 2.31. The molecule has 0 atom stereocenters. The largest absolute Gasteiger partial charge is 0.497 e. The van der Waals surface area contributed by atoms with Crippen molar-refractivity contribution in [2.75, 3.05) is 20.0 Å². The Morgan fingerprint density at radius 3 is 2.71 bits per heavy atom. The molecule has 0 aromatic heterocycles. The van der Waals surface area contributed by atoms with E-state index in [4.69, 9.17) is 9.47 Å². The summed E-state index contributed by atoms with van der Waals surface area (Å²) in [5.41, 5.74) is 3.32. The van der Waals surface area contributed by atoms with Gasteiger partial charge in [0.25, 0.3) is 0 Å². The molecule has 0 aliphatic carbocycles. The van der Waals surface area contributed by atoms with Crippen LogP contribution in [-0.4, -0.2) is 25.9 Å². The molecule has 0 spiro atoms. The second kappa shape index (κ2) is 9.23. The van der Waals surface area contributed by atoms with E-state index in [0.29, 0.717) is 12.3 Å². The van der Waals surface area contributed by atoms with Gasteiger partial charge >= 0.3 is 0 Å². The van der Waals surface area contributed by atoms with Gasteiger partial charge in [0.05, 0.1) is 20.0 Å². The van der Waals surface area contributed by atoms with Crippen molar-refractivity contribution in [3.8, 4) is 11.5 Å². The minimum atomic E-state index is 0.0226. The van der Waals surface area contributed by atoms with Crippen LogP contribution in [0.4, 0.5) is 0 Å². The van der Waals surface area contributed by atoms with Crippen molar-refractivity contribution in [2.24, 2.45) is 0 Å². The highest BCUT2D eigenvalue weighted by Gasteiger charge is 2.06. The average molecular weight is 345 g/mol. The number of nitrogens with one attached hydrogen (secondary N) is 1. The van der Waals surface area contributed by atoms with Crippen LogP contribution in [0, 0.1) is 6.92 Å². The maximum atomic E-state index is 12.0. The first-order chi connectivity index (χ1) is 11.6. The third kappa shape index (κ3) is 5.49. The fraction of sp³-hybridized carbons (Fsp3) is 0.316. The highest BCUT2D eigenvalue weighted by atomic mass is 32.2. The van der Waals surface area contributed by atoms with E-state index < -0.39 is 0 Å². The molecule has 0 radical (unpaired) electrons. The molecule has 0 fully saturated rings. The number of aryl methyl sites for hydroxylation is 1. The van der Waals surface area contributed by atoms with Crippen molar-refractivity contribution in [1.82, 2.24) is 5.32 Å². The zero-order valence-electron chi connectivity index (χ0n) is 14.3. The summed E-state index contributed by atoms with van der Waals surface area (Å²) in [6.45, 7) is 2.55. The fourth-order valence-corrected chi connectivity index (χ4v) is 3.14. The first-order valence-corrected chi connectivity index (χ1v) is 8.88. The first-order valence-electron chi connectivity index (χ1n) is 7.73. The van der Waals surface area contributed by atoms with Gasteiger partial charge in [-0.25, -0.2) is 0 Å². The maximum absolute atomic E-state index is 12.0. The molecule has 0 saturated carbocycles. The van der Waals surface area contributed by atoms with Gasteiger partial charge in [-0.1, -0.05) is 29.8 Å². The van der Waals surface area contributed by atoms with Crippen LogP contribution in [0.3, 0.4) is 0 Å². The maximum Gasteiger partial charge on any atom is 0.230 e. The Morgan fingerprint density at radius 2 is 1.96 bits per heavy atom. The molecule has 0 aliphatic heterocycles. The van der Waals surface area contributed by atoms with Gasteiger partial charge in [0, 0.05) is 17.9 Å². The number of ether oxygens (including phenoxy) is 2. The SMILES string of the molecule is COc1cccc(CNC(=O)CSCc2cc(C)ccc2OC)c1. The second-order valence-electron chi connectivity index (χ2n) is 5.44. The van der Waals surface area contributed by atoms with Crippen LogP contribution >= 0.6 is 11.8 Å². The summed E-state index contributed by atoms with van der Waals surface area (Å²) in [5, 5.41) is 2.93. The van der Waals surface area contributed by atoms with Gasteiger partial charge in [-0.2, -0.15) is 0 Å². The number of amides is 1. The number of carbonyl (C=O) groups excluding carboxylic acids is 1. The monoisotopic (exact) mass is 345 g/mol. The second-order valence-corrected chi connectivity index (χ2v) is 6.42. The van der Waals surface area contributed by atoms with Gasteiger partial charge in [0.2, 0.25) is 5.91 Å². The number of hydrogen-bond donors (Lipinski definition) is 1. The van der Waals surface area contributed by atoms with Gasteiger partial charge < -0.3 is 14.8 Å². The van der Waals surface area contributed by atoms with Gasteiger partial charge in [0.15, 0.2) is 0 Å². The molecule has 0 aliphatic rings. The third-order valence-corrected chi connectivity index (χ3v) is 4.53. The Morgan fingerprint density at radius 1 is 1.12 bits per heavy atom. The molecule has 5 heteroatoms. The predicted molar refractivity (Wildman–Crippen MR) is 98.7 cm³/mol. The normalized spacial score (nSPS) is 10.3. The number of rotatable bonds is 8. The van der Waals surface area contributed by atoms with Gasteiger partial charge in [0.1, 0.15) is 11.5 Å². The van der Waals surface area contributed by atoms with Crippen LogP contribution < -0.4 is 14.8 Å². The molecular formula is C19H23NO3S. The number of benzene rings is 2. The van der Waals surface area contributed by atoms with E-state index in [1.807, 2.05) is 36.4 Å². The molecular weight excluding hydrogens is 322 g/mol. The Hall–Kier alpha value is -2.14. The van der Waals surface area contributed by atoms with Crippen LogP contribution in [0.1, 0.15) is 16.7 Å². The van der Waals surface area contributed by atoms with Crippen molar-refractivity contribution < 1.29 is 14.3 Å². The molecule has 2 aromatic rings. The van der Waals surface area contributed by atoms with Crippen LogP contribution in [0.2, 0.25) is 0 Å². The Balaban J connectivity index is 1.78. The summed E-state index contributed by atoms with van der Waals surface area (Å²) in [6.07, 6.45) is 0. The zero-order chi connectivity index (χ0) is 17.4. The minimum absolute atomic E-state index is 0.0226. The summed E-state index contributed by atoms with van der Waals surface area (Å²) in [5.74, 6) is 2.85. The van der Waals surface area contributed by atoms with Crippen LogP contribution in [-0.2, 0) is 17.1 Å². The first kappa shape index (κ1) is 18.2. The number of methoxy groups -OCH3 is 2. The minimum Gasteiger partial charge on any atom is -0.497 e. The number of hydrogen-bond acceptors (Lipinski definition) is 4. The summed E-state index contributed by atoms with van der Waals surface area (Å²) in [4.78, 5) is 12.0. The van der Waals surface area contributed by atoms with Crippen molar-refractivity contribution >= 4 is 17.7 Å². The van der Waals surface area contributed by atoms with Crippen molar-refractivity contribution in [3.05, 3.63) is 59.2 Å². The van der Waals surface area contributed by atoms with E-state index in [1.165, 1.54) is 5.56 Å². The van der Waals surface area contributed by atoms with Crippen molar-refractivity contribution in [2.45, 2.75) is 19.2 Å². The quantitative estimate of drug-likeness (QED) is 0.795. The summed E-state index contributed by atoms with van der Waals surface area (Å²) < 4.78 is 10.5. The van der Waals surface area contributed by atoms with E-state index in [0.717, 1.165) is 28.4 Å². The number of thioether (sulfide) groups is 1. The molecule has 24 heavy (non-hydrogen) atoms. The van der Waals surface area contributed by atoms with E-state index in [1.54, 1.807) is 26.0 Å². The Bertz CT molecular complexity index is 688. The van der Waals surface area contributed by atoms with Crippen LogP contribution in [0.5, 0.6) is 11.5 Å². The average Bonchev–Trinajstić information content (AvgIpc) is 2.60. The van der Waals surface area contributed by atoms with E-state index in [9.17, 15) is 4.79 Å². The summed E-state index contributed by atoms with van der Waals surface area (Å²) in [7, 11) is 3.30. The third-order valence-electron chi connectivity index (χ3n) is 3.55. The molecule has 0 unspecified atom stereocenters. The van der Waals surface area contributed by atoms with Crippen molar-refractivity contribution in [3.63, 3.8) is 0 Å². The Labute approximate surface area is 147 Å². The lowest BCUT2D eigenvalue weighted by molar-refractivity contribution is -0.118. The Kier molecular flexibility index (Phi) is 7.00. The topological polar surface area (TPSA) is 47.6 Å². The highest BCUT2D eigenvalue weighted by molar-refractivity contribution is 7.99. The molecule has 2 rings (SSSR count). The van der Waals surface area contributed by atoms with Crippen molar-refractivity contribution in [1.29, 1.82) is 0 Å². The molecule has 1 N–H and O–H groups in total. The summed E-state index contributed by atoms with van der Waals surface area (Å²) in [6, 6.07) is 13.8. The van der Waals surface area contributed by atoms with Crippen LogP contribution in [0.15, 0.2) is 42.5 Å². The predicted octanol–water partition coefficient (Wildman–Crippen LogP) is 3.56. The molecule has 0 saturated heterocycles. The van der Waals surface area contributed by atoms with Gasteiger partial charge in [-0.05, 0) is 30.7 Å². The molecule has 2 aromatic carbocycles. The zero-order valence-corrected chi connectivity index (χ0v) is 15.1. The standard InChI is InChI=1S/C19H23NO3S/c1-14-7-8-18(23-3)16(9-14)12-24-13-19(21)20-11-15-5-4-6-17(10-15)22-2/h4-10H,11-13H2,1-3H3,(H,20,21). The molecule has 0 bridgehead atoms. The van der Waals surface area contributed by atoms with Gasteiger partial charge in [-0.3, -0.25) is 4.79 Å². The van der Waals surface area contributed by atoms with E-state index in [2.05, 4.69) is 18.3 Å². The lowest BCUT2D eigenvalue weighted by Crippen LogP contribution is -2.24. The smallest absolute Gasteiger partial charge is 0.230 e. The van der Waals surface area contributed by atoms with Crippen LogP contribution in [0.25, 0.3) is 0 Å². The summed E-state index contributed by atoms with van der Waals surface area (Å²) >= 11 is 1.58. The molecule has 1 amide bonds. The lowest BCUT2D eigenvalue weighted by atomic mass is 10.1. The van der Waals surface area contributed by atoms with Gasteiger partial charge in [-0.15, -0.1) is 11.8 Å². The highest BCUT2D eigenvalue weighted by Crippen LogP contribution is 2.24. The molecule has 128 valence electrons. The lowest BCUT2D eigenvalue weighted by Gasteiger charge is -2.10. The molecule has 0 heterocycles. The van der Waals surface area contributed by atoms with E-state index >= 15 is 0 Å². The number of carbonyl (C=O) groups is 1. The molecule has 4 nitrogen and oxygen atoms in total.